The van der Waals surface area contributed by atoms with Crippen molar-refractivity contribution in [2.24, 2.45) is 0 Å². The quantitative estimate of drug-likeness (QED) is 0.141. The van der Waals surface area contributed by atoms with Gasteiger partial charge in [-0.3, -0.25) is 0 Å². The summed E-state index contributed by atoms with van der Waals surface area (Å²) in [6.45, 7) is 2.94. The first-order valence-corrected chi connectivity index (χ1v) is 11.5. The molecule has 0 heterocycles. The van der Waals surface area contributed by atoms with Gasteiger partial charge in [-0.25, -0.2) is 0 Å². The van der Waals surface area contributed by atoms with Gasteiger partial charge in [-0.05, 0) is 69.6 Å². The van der Waals surface area contributed by atoms with E-state index < -0.39 is 0 Å². The number of rotatable bonds is 7. The van der Waals surface area contributed by atoms with E-state index in [1.54, 1.807) is 0 Å². The monoisotopic (exact) mass is 531 g/mol. The highest BCUT2D eigenvalue weighted by atomic mass is 127. The Bertz CT molecular complexity index is 1300. The molecule has 0 saturated heterocycles. The van der Waals surface area contributed by atoms with Gasteiger partial charge in [0, 0.05) is 5.56 Å². The van der Waals surface area contributed by atoms with Crippen molar-refractivity contribution in [2.75, 3.05) is 6.61 Å². The SMILES string of the molecule is CCOc1cc(/C=C(/C#N)c2cccc3ccccc23)cc(I)c1OCc1ccccc1. The largest absolute Gasteiger partial charge is 0.490 e. The summed E-state index contributed by atoms with van der Waals surface area (Å²) in [5.41, 5.74) is 3.52. The Balaban J connectivity index is 1.71. The molecule has 0 fully saturated rings. The van der Waals surface area contributed by atoms with Crippen molar-refractivity contribution < 1.29 is 9.47 Å². The van der Waals surface area contributed by atoms with Gasteiger partial charge in [-0.15, -0.1) is 0 Å². The Hall–Kier alpha value is -3.30. The molecule has 0 aliphatic heterocycles. The molecule has 0 bridgehead atoms. The summed E-state index contributed by atoms with van der Waals surface area (Å²) >= 11 is 2.26. The fourth-order valence-corrected chi connectivity index (χ4v) is 4.38. The van der Waals surface area contributed by atoms with E-state index in [2.05, 4.69) is 40.8 Å². The smallest absolute Gasteiger partial charge is 0.175 e. The molecule has 0 spiro atoms. The van der Waals surface area contributed by atoms with Crippen LogP contribution in [0.5, 0.6) is 11.5 Å². The van der Waals surface area contributed by atoms with Crippen LogP contribution in [0.25, 0.3) is 22.4 Å². The molecule has 0 atom stereocenters. The second-order valence-electron chi connectivity index (χ2n) is 7.23. The molecule has 4 heteroatoms. The zero-order valence-corrected chi connectivity index (χ0v) is 19.9. The summed E-state index contributed by atoms with van der Waals surface area (Å²) in [5, 5.41) is 12.1. The molecule has 0 unspecified atom stereocenters. The highest BCUT2D eigenvalue weighted by molar-refractivity contribution is 14.1. The molecule has 4 rings (SSSR count). The third-order valence-corrected chi connectivity index (χ3v) is 5.87. The third-order valence-electron chi connectivity index (χ3n) is 5.07. The minimum Gasteiger partial charge on any atom is -0.490 e. The Morgan fingerprint density at radius 3 is 2.47 bits per heavy atom. The van der Waals surface area contributed by atoms with Crippen LogP contribution in [0.1, 0.15) is 23.6 Å². The van der Waals surface area contributed by atoms with Crippen LogP contribution in [0.3, 0.4) is 0 Å². The van der Waals surface area contributed by atoms with Crippen LogP contribution in [-0.4, -0.2) is 6.61 Å². The van der Waals surface area contributed by atoms with Gasteiger partial charge in [-0.2, -0.15) is 5.26 Å². The molecule has 0 aliphatic rings. The molecular weight excluding hydrogens is 509 g/mol. The number of hydrogen-bond donors (Lipinski definition) is 0. The first-order valence-electron chi connectivity index (χ1n) is 10.4. The van der Waals surface area contributed by atoms with Crippen LogP contribution in [0, 0.1) is 14.9 Å². The minimum absolute atomic E-state index is 0.464. The fraction of sp³-hybridized carbons (Fsp3) is 0.107. The highest BCUT2D eigenvalue weighted by Gasteiger charge is 2.13. The Kier molecular flexibility index (Phi) is 7.08. The Morgan fingerprint density at radius 2 is 1.69 bits per heavy atom. The summed E-state index contributed by atoms with van der Waals surface area (Å²) in [7, 11) is 0. The summed E-state index contributed by atoms with van der Waals surface area (Å²) < 4.78 is 12.9. The first kappa shape index (κ1) is 21.9. The van der Waals surface area contributed by atoms with E-state index >= 15 is 0 Å². The summed E-state index contributed by atoms with van der Waals surface area (Å²) in [6, 6.07) is 30.5. The fourth-order valence-electron chi connectivity index (χ4n) is 3.60. The van der Waals surface area contributed by atoms with E-state index in [0.717, 1.165) is 36.8 Å². The summed E-state index contributed by atoms with van der Waals surface area (Å²) in [6.07, 6.45) is 1.91. The molecular formula is C28H22INO2. The molecule has 0 amide bonds. The minimum atomic E-state index is 0.464. The third kappa shape index (κ3) is 4.95. The zero-order chi connectivity index (χ0) is 22.3. The number of ether oxygens (including phenoxy) is 2. The normalized spacial score (nSPS) is 11.2. The molecule has 4 aromatic carbocycles. The number of nitriles is 1. The van der Waals surface area contributed by atoms with Crippen molar-refractivity contribution in [3.05, 3.63) is 105 Å². The predicted molar refractivity (Wildman–Crippen MR) is 139 cm³/mol. The molecule has 0 N–H and O–H groups in total. The first-order chi connectivity index (χ1) is 15.7. The van der Waals surface area contributed by atoms with Gasteiger partial charge in [0.25, 0.3) is 0 Å². The molecule has 0 saturated carbocycles. The second-order valence-corrected chi connectivity index (χ2v) is 8.40. The number of halogens is 1. The van der Waals surface area contributed by atoms with Gasteiger partial charge in [0.15, 0.2) is 11.5 Å². The number of allylic oxidation sites excluding steroid dienone is 1. The standard InChI is InChI=1S/C28H22INO2/c1-2-31-27-17-21(16-26(29)28(27)32-19-20-9-4-3-5-10-20)15-23(18-30)25-14-8-12-22-11-6-7-13-24(22)25/h3-17H,2,19H2,1H3/b23-15-. The number of nitrogens with zero attached hydrogens (tertiary/aromatic N) is 1. The maximum atomic E-state index is 9.93. The van der Waals surface area contributed by atoms with Crippen molar-refractivity contribution in [3.63, 3.8) is 0 Å². The lowest BCUT2D eigenvalue weighted by Crippen LogP contribution is -2.02. The molecule has 0 radical (unpaired) electrons. The van der Waals surface area contributed by atoms with Crippen LogP contribution in [-0.2, 0) is 6.61 Å². The molecule has 0 aliphatic carbocycles. The summed E-state index contributed by atoms with van der Waals surface area (Å²) in [5.74, 6) is 1.40. The van der Waals surface area contributed by atoms with Crippen molar-refractivity contribution in [1.29, 1.82) is 5.26 Å². The van der Waals surface area contributed by atoms with E-state index in [9.17, 15) is 5.26 Å². The summed E-state index contributed by atoms with van der Waals surface area (Å²) in [4.78, 5) is 0. The van der Waals surface area contributed by atoms with Crippen molar-refractivity contribution >= 4 is 45.0 Å². The molecule has 0 aromatic heterocycles. The van der Waals surface area contributed by atoms with Crippen LogP contribution in [0.4, 0.5) is 0 Å². The number of benzene rings is 4. The van der Waals surface area contributed by atoms with Crippen molar-refractivity contribution in [3.8, 4) is 17.6 Å². The molecule has 158 valence electrons. The van der Waals surface area contributed by atoms with E-state index in [1.165, 1.54) is 0 Å². The number of fused-ring (bicyclic) bond motifs is 1. The van der Waals surface area contributed by atoms with Crippen LogP contribution in [0.15, 0.2) is 84.9 Å². The van der Waals surface area contributed by atoms with Gasteiger partial charge < -0.3 is 9.47 Å². The van der Waals surface area contributed by atoms with Gasteiger partial charge in [0.2, 0.25) is 0 Å². The zero-order valence-electron chi connectivity index (χ0n) is 17.7. The van der Waals surface area contributed by atoms with Crippen LogP contribution < -0.4 is 9.47 Å². The molecule has 4 aromatic rings. The second kappa shape index (κ2) is 10.3. The lowest BCUT2D eigenvalue weighted by atomic mass is 9.97. The van der Waals surface area contributed by atoms with Crippen LogP contribution in [0.2, 0.25) is 0 Å². The average molecular weight is 531 g/mol. The predicted octanol–water partition coefficient (Wildman–Crippen LogP) is 7.49. The lowest BCUT2D eigenvalue weighted by molar-refractivity contribution is 0.267. The average Bonchev–Trinajstić information content (AvgIpc) is 2.82. The van der Waals surface area contributed by atoms with E-state index in [-0.39, 0.29) is 0 Å². The Labute approximate surface area is 202 Å². The highest BCUT2D eigenvalue weighted by Crippen LogP contribution is 2.36. The van der Waals surface area contributed by atoms with E-state index in [1.807, 2.05) is 85.8 Å². The van der Waals surface area contributed by atoms with Gasteiger partial charge in [0.1, 0.15) is 6.61 Å². The topological polar surface area (TPSA) is 42.2 Å². The van der Waals surface area contributed by atoms with E-state index in [4.69, 9.17) is 9.47 Å². The van der Waals surface area contributed by atoms with E-state index in [0.29, 0.717) is 24.5 Å². The van der Waals surface area contributed by atoms with Gasteiger partial charge >= 0.3 is 0 Å². The molecule has 3 nitrogen and oxygen atoms in total. The van der Waals surface area contributed by atoms with Gasteiger partial charge in [-0.1, -0.05) is 72.8 Å². The lowest BCUT2D eigenvalue weighted by Gasteiger charge is -2.15. The van der Waals surface area contributed by atoms with Crippen molar-refractivity contribution in [1.82, 2.24) is 0 Å². The van der Waals surface area contributed by atoms with Crippen LogP contribution >= 0.6 is 22.6 Å². The Morgan fingerprint density at radius 1 is 0.938 bits per heavy atom. The maximum absolute atomic E-state index is 9.93. The maximum Gasteiger partial charge on any atom is 0.175 e. The molecule has 32 heavy (non-hydrogen) atoms. The van der Waals surface area contributed by atoms with Gasteiger partial charge in [0.05, 0.1) is 21.8 Å². The van der Waals surface area contributed by atoms with Crippen molar-refractivity contribution in [2.45, 2.75) is 13.5 Å². The number of hydrogen-bond acceptors (Lipinski definition) is 3.